The molecule has 1 aromatic rings. The Morgan fingerprint density at radius 3 is 2.25 bits per heavy atom. The largest absolute Gasteiger partial charge is 0.465 e. The number of rotatable bonds is 14. The van der Waals surface area contributed by atoms with Gasteiger partial charge in [0.1, 0.15) is 10.8 Å². The highest BCUT2D eigenvalue weighted by Gasteiger charge is 2.29. The van der Waals surface area contributed by atoms with E-state index in [9.17, 15) is 4.79 Å². The average molecular weight is 409 g/mol. The Bertz CT molecular complexity index is 538. The fourth-order valence-electron chi connectivity index (χ4n) is 3.99. The number of aromatic nitrogens is 2. The van der Waals surface area contributed by atoms with Crippen LogP contribution >= 0.6 is 11.5 Å². The maximum Gasteiger partial charge on any atom is 0.308 e. The van der Waals surface area contributed by atoms with Crippen molar-refractivity contribution in [1.29, 1.82) is 0 Å². The summed E-state index contributed by atoms with van der Waals surface area (Å²) in [6.07, 6.45) is 17.4. The maximum absolute atomic E-state index is 12.3. The van der Waals surface area contributed by atoms with Crippen molar-refractivity contribution in [2.45, 2.75) is 116 Å². The van der Waals surface area contributed by atoms with Crippen LogP contribution in [0.1, 0.15) is 120 Å². The number of carbonyl (C=O) groups excluding carboxylic acids is 1. The Labute approximate surface area is 176 Å². The van der Waals surface area contributed by atoms with E-state index in [2.05, 4.69) is 18.2 Å². The van der Waals surface area contributed by atoms with Gasteiger partial charge in [0.05, 0.1) is 12.5 Å². The van der Waals surface area contributed by atoms with E-state index in [0.29, 0.717) is 12.5 Å². The lowest BCUT2D eigenvalue weighted by atomic mass is 9.82. The van der Waals surface area contributed by atoms with Gasteiger partial charge >= 0.3 is 5.97 Å². The Morgan fingerprint density at radius 2 is 1.57 bits per heavy atom. The van der Waals surface area contributed by atoms with Crippen LogP contribution < -0.4 is 0 Å². The molecule has 160 valence electrons. The first-order valence-electron chi connectivity index (χ1n) is 11.7. The van der Waals surface area contributed by atoms with E-state index in [1.54, 1.807) is 11.5 Å². The Balaban J connectivity index is 1.61. The van der Waals surface area contributed by atoms with Crippen molar-refractivity contribution in [2.24, 2.45) is 5.92 Å². The summed E-state index contributed by atoms with van der Waals surface area (Å²) in [6.45, 7) is 5.06. The van der Waals surface area contributed by atoms with Gasteiger partial charge in [-0.1, -0.05) is 65.2 Å². The summed E-state index contributed by atoms with van der Waals surface area (Å²) in [5, 5.41) is 1.19. The summed E-state index contributed by atoms with van der Waals surface area (Å²) >= 11 is 1.58. The van der Waals surface area contributed by atoms with E-state index in [-0.39, 0.29) is 11.9 Å². The molecule has 5 heteroatoms. The summed E-state index contributed by atoms with van der Waals surface area (Å²) < 4.78 is 10.1. The molecule has 0 bridgehead atoms. The smallest absolute Gasteiger partial charge is 0.308 e. The molecule has 0 radical (unpaired) electrons. The van der Waals surface area contributed by atoms with Crippen molar-refractivity contribution in [1.82, 2.24) is 9.36 Å². The highest BCUT2D eigenvalue weighted by molar-refractivity contribution is 7.05. The van der Waals surface area contributed by atoms with Crippen LogP contribution in [0, 0.1) is 5.92 Å². The minimum absolute atomic E-state index is 0.0268. The molecule has 0 spiro atoms. The second-order valence-corrected chi connectivity index (χ2v) is 9.13. The molecule has 0 aromatic carbocycles. The molecule has 0 saturated heterocycles. The first-order valence-corrected chi connectivity index (χ1v) is 12.5. The summed E-state index contributed by atoms with van der Waals surface area (Å²) in [4.78, 5) is 17.1. The average Bonchev–Trinajstić information content (AvgIpc) is 3.19. The zero-order chi connectivity index (χ0) is 20.0. The normalized spacial score (nSPS) is 19.6. The van der Waals surface area contributed by atoms with Gasteiger partial charge in [-0.15, -0.1) is 0 Å². The molecule has 0 unspecified atom stereocenters. The van der Waals surface area contributed by atoms with Gasteiger partial charge in [0.15, 0.2) is 0 Å². The first kappa shape index (κ1) is 23.3. The zero-order valence-electron chi connectivity index (χ0n) is 18.1. The Hall–Kier alpha value is -0.970. The second-order valence-electron chi connectivity index (χ2n) is 8.34. The van der Waals surface area contributed by atoms with Gasteiger partial charge in [0, 0.05) is 12.3 Å². The fourth-order valence-corrected chi connectivity index (χ4v) is 4.86. The van der Waals surface area contributed by atoms with Gasteiger partial charge in [-0.25, -0.2) is 4.98 Å². The second kappa shape index (κ2) is 14.1. The molecule has 1 heterocycles. The highest BCUT2D eigenvalue weighted by atomic mass is 32.1. The predicted octanol–water partition coefficient (Wildman–Crippen LogP) is 6.84. The molecule has 1 aliphatic carbocycles. The maximum atomic E-state index is 12.3. The Kier molecular flexibility index (Phi) is 11.7. The monoisotopic (exact) mass is 408 g/mol. The van der Waals surface area contributed by atoms with Crippen LogP contribution in [-0.2, 0) is 16.0 Å². The molecule has 0 N–H and O–H groups in total. The number of aryl methyl sites for hydroxylation is 1. The van der Waals surface area contributed by atoms with Crippen LogP contribution in [0.25, 0.3) is 0 Å². The van der Waals surface area contributed by atoms with Gasteiger partial charge in [-0.05, 0) is 50.1 Å². The van der Waals surface area contributed by atoms with E-state index in [1.165, 1.54) is 62.8 Å². The van der Waals surface area contributed by atoms with Gasteiger partial charge in [0.25, 0.3) is 0 Å². The van der Waals surface area contributed by atoms with E-state index in [4.69, 9.17) is 9.72 Å². The fraction of sp³-hybridized carbons (Fsp3) is 0.870. The third kappa shape index (κ3) is 8.59. The Morgan fingerprint density at radius 1 is 0.929 bits per heavy atom. The van der Waals surface area contributed by atoms with E-state index < -0.39 is 0 Å². The van der Waals surface area contributed by atoms with E-state index in [0.717, 1.165) is 44.3 Å². The molecule has 0 atom stereocenters. The van der Waals surface area contributed by atoms with Crippen molar-refractivity contribution in [3.05, 3.63) is 10.8 Å². The quantitative estimate of drug-likeness (QED) is 0.250. The number of ether oxygens (including phenoxy) is 1. The molecule has 2 rings (SSSR count). The highest BCUT2D eigenvalue weighted by Crippen LogP contribution is 2.37. The molecule has 28 heavy (non-hydrogen) atoms. The summed E-state index contributed by atoms with van der Waals surface area (Å²) in [7, 11) is 0. The van der Waals surface area contributed by atoms with Crippen molar-refractivity contribution < 1.29 is 9.53 Å². The molecule has 0 aliphatic heterocycles. The lowest BCUT2D eigenvalue weighted by Crippen LogP contribution is -2.23. The number of hydrogen-bond donors (Lipinski definition) is 0. The number of nitrogens with zero attached hydrogens (tertiary/aromatic N) is 2. The van der Waals surface area contributed by atoms with E-state index >= 15 is 0 Å². The van der Waals surface area contributed by atoms with Gasteiger partial charge in [-0.2, -0.15) is 4.37 Å². The van der Waals surface area contributed by atoms with Crippen molar-refractivity contribution >= 4 is 17.5 Å². The van der Waals surface area contributed by atoms with Crippen LogP contribution in [0.2, 0.25) is 0 Å². The van der Waals surface area contributed by atoms with Gasteiger partial charge in [0.2, 0.25) is 0 Å². The molecular weight excluding hydrogens is 368 g/mol. The predicted molar refractivity (Wildman–Crippen MR) is 117 cm³/mol. The van der Waals surface area contributed by atoms with Crippen molar-refractivity contribution in [2.75, 3.05) is 6.61 Å². The van der Waals surface area contributed by atoms with Crippen LogP contribution in [0.4, 0.5) is 0 Å². The van der Waals surface area contributed by atoms with Crippen LogP contribution in [-0.4, -0.2) is 21.9 Å². The molecule has 1 aromatic heterocycles. The lowest BCUT2D eigenvalue weighted by Gasteiger charge is -2.25. The van der Waals surface area contributed by atoms with Crippen molar-refractivity contribution in [3.8, 4) is 0 Å². The van der Waals surface area contributed by atoms with Crippen LogP contribution in [0.3, 0.4) is 0 Å². The summed E-state index contributed by atoms with van der Waals surface area (Å²) in [5.41, 5.74) is 0. The molecule has 1 fully saturated rings. The SMILES string of the molecule is CCCCCCCOC(=O)C1CCC(c2nc(CCCCCCC)ns2)CC1. The number of unbranched alkanes of at least 4 members (excludes halogenated alkanes) is 8. The number of hydrogen-bond acceptors (Lipinski definition) is 5. The van der Waals surface area contributed by atoms with Gasteiger partial charge < -0.3 is 4.74 Å². The molecule has 1 aliphatic rings. The first-order chi connectivity index (χ1) is 13.7. The third-order valence-electron chi connectivity index (χ3n) is 5.89. The van der Waals surface area contributed by atoms with Gasteiger partial charge in [-0.3, -0.25) is 4.79 Å². The van der Waals surface area contributed by atoms with Crippen LogP contribution in [0.5, 0.6) is 0 Å². The standard InChI is InChI=1S/C23H40N2O2S/c1-3-5-7-9-11-13-21-24-22(28-25-21)19-14-16-20(17-15-19)23(26)27-18-12-10-8-6-4-2/h19-20H,3-18H2,1-2H3. The lowest BCUT2D eigenvalue weighted by molar-refractivity contribution is -0.149. The molecule has 0 amide bonds. The summed E-state index contributed by atoms with van der Waals surface area (Å²) in [6, 6.07) is 0. The third-order valence-corrected chi connectivity index (χ3v) is 6.80. The van der Waals surface area contributed by atoms with Crippen LogP contribution in [0.15, 0.2) is 0 Å². The number of carbonyl (C=O) groups is 1. The molecule has 4 nitrogen and oxygen atoms in total. The van der Waals surface area contributed by atoms with E-state index in [1.807, 2.05) is 0 Å². The van der Waals surface area contributed by atoms with Crippen molar-refractivity contribution in [3.63, 3.8) is 0 Å². The number of esters is 1. The molecule has 1 saturated carbocycles. The minimum Gasteiger partial charge on any atom is -0.465 e. The topological polar surface area (TPSA) is 52.1 Å². The summed E-state index contributed by atoms with van der Waals surface area (Å²) in [5.74, 6) is 1.64. The minimum atomic E-state index is 0.0268. The molecular formula is C23H40N2O2S. The zero-order valence-corrected chi connectivity index (χ0v) is 18.9.